The van der Waals surface area contributed by atoms with Gasteiger partial charge in [-0.25, -0.2) is 0 Å². The first-order valence-corrected chi connectivity index (χ1v) is 7.57. The molecule has 0 aromatic carbocycles. The third-order valence-electron chi connectivity index (χ3n) is 2.95. The predicted molar refractivity (Wildman–Crippen MR) is 78.7 cm³/mol. The van der Waals surface area contributed by atoms with Gasteiger partial charge in [0.15, 0.2) is 5.92 Å². The third-order valence-corrected chi connectivity index (χ3v) is 2.95. The summed E-state index contributed by atoms with van der Waals surface area (Å²) in [5.74, 6) is -3.68. The van der Waals surface area contributed by atoms with Gasteiger partial charge in [-0.2, -0.15) is 0 Å². The number of rotatable bonds is 11. The van der Waals surface area contributed by atoms with Crippen LogP contribution in [0.2, 0.25) is 0 Å². The van der Waals surface area contributed by atoms with Gasteiger partial charge in [0, 0.05) is 6.61 Å². The van der Waals surface area contributed by atoms with Crippen LogP contribution < -0.4 is 0 Å². The Kier molecular flexibility index (Phi) is 16.9. The molecular weight excluding hydrogens is 260 g/mol. The standard InChI is InChI=1S/C10H18O4.C5H12O/c1-2-3-4-5-6-7-8(9(11)12)10(13)14;1-2-3-4-5-6/h8H,2-7H2,1H3,(H,11,12)(H,13,14);6H,2-5H2,1H3. The maximum absolute atomic E-state index is 10.5. The van der Waals surface area contributed by atoms with Crippen LogP contribution in [0.1, 0.15) is 71.6 Å². The molecule has 0 heterocycles. The summed E-state index contributed by atoms with van der Waals surface area (Å²) in [7, 11) is 0. The first kappa shape index (κ1) is 21.2. The lowest BCUT2D eigenvalue weighted by atomic mass is 10.0. The summed E-state index contributed by atoms with van der Waals surface area (Å²) >= 11 is 0. The molecule has 120 valence electrons. The van der Waals surface area contributed by atoms with Crippen molar-refractivity contribution in [3.05, 3.63) is 0 Å². The first-order valence-electron chi connectivity index (χ1n) is 7.57. The Morgan fingerprint density at radius 2 is 1.25 bits per heavy atom. The van der Waals surface area contributed by atoms with E-state index in [1.54, 1.807) is 0 Å². The lowest BCUT2D eigenvalue weighted by molar-refractivity contribution is -0.154. The van der Waals surface area contributed by atoms with Crippen molar-refractivity contribution in [1.82, 2.24) is 0 Å². The highest BCUT2D eigenvalue weighted by Gasteiger charge is 2.24. The molecule has 0 spiro atoms. The number of carboxylic acid groups (broad SMARTS) is 2. The Labute approximate surface area is 122 Å². The van der Waals surface area contributed by atoms with Crippen molar-refractivity contribution in [1.29, 1.82) is 0 Å². The van der Waals surface area contributed by atoms with E-state index in [4.69, 9.17) is 15.3 Å². The molecule has 5 nitrogen and oxygen atoms in total. The molecule has 0 aromatic heterocycles. The quantitative estimate of drug-likeness (QED) is 0.401. The van der Waals surface area contributed by atoms with E-state index < -0.39 is 17.9 Å². The molecule has 0 rings (SSSR count). The topological polar surface area (TPSA) is 94.8 Å². The van der Waals surface area contributed by atoms with E-state index in [0.717, 1.165) is 38.5 Å². The van der Waals surface area contributed by atoms with Crippen LogP contribution in [0.25, 0.3) is 0 Å². The summed E-state index contributed by atoms with van der Waals surface area (Å²) in [6.07, 6.45) is 8.49. The number of hydrogen-bond donors (Lipinski definition) is 3. The molecule has 0 saturated carbocycles. The second-order valence-electron chi connectivity index (χ2n) is 4.86. The third kappa shape index (κ3) is 15.0. The molecule has 0 bridgehead atoms. The zero-order chi connectivity index (χ0) is 15.8. The summed E-state index contributed by atoms with van der Waals surface area (Å²) < 4.78 is 0. The van der Waals surface area contributed by atoms with Gasteiger partial charge in [-0.3, -0.25) is 9.59 Å². The zero-order valence-electron chi connectivity index (χ0n) is 12.8. The van der Waals surface area contributed by atoms with Gasteiger partial charge in [-0.1, -0.05) is 58.8 Å². The van der Waals surface area contributed by atoms with Crippen LogP contribution in [-0.4, -0.2) is 33.9 Å². The van der Waals surface area contributed by atoms with Crippen LogP contribution in [0.5, 0.6) is 0 Å². The minimum atomic E-state index is -1.23. The Balaban J connectivity index is 0. The van der Waals surface area contributed by atoms with Crippen molar-refractivity contribution < 1.29 is 24.9 Å². The molecule has 0 amide bonds. The molecule has 20 heavy (non-hydrogen) atoms. The van der Waals surface area contributed by atoms with E-state index >= 15 is 0 Å². The predicted octanol–water partition coefficient (Wildman–Crippen LogP) is 3.30. The van der Waals surface area contributed by atoms with Gasteiger partial charge in [-0.15, -0.1) is 0 Å². The van der Waals surface area contributed by atoms with Gasteiger partial charge >= 0.3 is 11.9 Å². The van der Waals surface area contributed by atoms with Gasteiger partial charge in [0.25, 0.3) is 0 Å². The van der Waals surface area contributed by atoms with E-state index in [0.29, 0.717) is 13.0 Å². The normalized spacial score (nSPS) is 10.0. The Hall–Kier alpha value is -1.10. The number of unbranched alkanes of at least 4 members (excludes halogenated alkanes) is 6. The Morgan fingerprint density at radius 3 is 1.60 bits per heavy atom. The largest absolute Gasteiger partial charge is 0.481 e. The Bertz CT molecular complexity index is 222. The minimum absolute atomic E-state index is 0.244. The van der Waals surface area contributed by atoms with E-state index in [2.05, 4.69) is 13.8 Å². The highest BCUT2D eigenvalue weighted by Crippen LogP contribution is 2.12. The van der Waals surface area contributed by atoms with Crippen molar-refractivity contribution >= 4 is 11.9 Å². The molecule has 0 unspecified atom stereocenters. The van der Waals surface area contributed by atoms with Crippen molar-refractivity contribution in [2.75, 3.05) is 6.61 Å². The Morgan fingerprint density at radius 1 is 0.800 bits per heavy atom. The fourth-order valence-corrected chi connectivity index (χ4v) is 1.67. The first-order chi connectivity index (χ1) is 9.51. The molecule has 5 heteroatoms. The van der Waals surface area contributed by atoms with Crippen molar-refractivity contribution in [2.45, 2.75) is 71.6 Å². The van der Waals surface area contributed by atoms with Crippen molar-refractivity contribution in [3.8, 4) is 0 Å². The van der Waals surface area contributed by atoms with Crippen molar-refractivity contribution in [2.24, 2.45) is 5.92 Å². The lowest BCUT2D eigenvalue weighted by Crippen LogP contribution is -2.23. The molecule has 0 fully saturated rings. The van der Waals surface area contributed by atoms with Crippen LogP contribution in [0.3, 0.4) is 0 Å². The summed E-state index contributed by atoms with van der Waals surface area (Å²) in [6.45, 7) is 4.57. The second-order valence-corrected chi connectivity index (χ2v) is 4.86. The number of aliphatic hydroxyl groups is 1. The van der Waals surface area contributed by atoms with E-state index in [-0.39, 0.29) is 6.42 Å². The van der Waals surface area contributed by atoms with Crippen LogP contribution in [0, 0.1) is 5.92 Å². The maximum Gasteiger partial charge on any atom is 0.317 e. The number of hydrogen-bond acceptors (Lipinski definition) is 3. The lowest BCUT2D eigenvalue weighted by Gasteiger charge is -2.06. The number of carboxylic acids is 2. The number of carbonyl (C=O) groups is 2. The zero-order valence-corrected chi connectivity index (χ0v) is 12.8. The SMILES string of the molecule is CCCCCCCC(C(=O)O)C(=O)O.CCCCCO. The molecule has 0 atom stereocenters. The monoisotopic (exact) mass is 290 g/mol. The summed E-state index contributed by atoms with van der Waals surface area (Å²) in [5.41, 5.74) is 0. The van der Waals surface area contributed by atoms with Gasteiger partial charge in [0.1, 0.15) is 0 Å². The van der Waals surface area contributed by atoms with Gasteiger partial charge in [-0.05, 0) is 12.8 Å². The number of aliphatic hydroxyl groups excluding tert-OH is 1. The molecular formula is C15H30O5. The van der Waals surface area contributed by atoms with Crippen LogP contribution in [0.15, 0.2) is 0 Å². The molecule has 0 aromatic rings. The summed E-state index contributed by atoms with van der Waals surface area (Å²) in [6, 6.07) is 0. The van der Waals surface area contributed by atoms with Gasteiger partial charge in [0.2, 0.25) is 0 Å². The van der Waals surface area contributed by atoms with Crippen molar-refractivity contribution in [3.63, 3.8) is 0 Å². The molecule has 0 aliphatic rings. The average Bonchev–Trinajstić information content (AvgIpc) is 2.40. The molecule has 0 saturated heterocycles. The molecule has 0 aliphatic heterocycles. The van der Waals surface area contributed by atoms with Gasteiger partial charge in [0.05, 0.1) is 0 Å². The molecule has 0 aliphatic carbocycles. The van der Waals surface area contributed by atoms with Crippen LogP contribution >= 0.6 is 0 Å². The maximum atomic E-state index is 10.5. The number of aliphatic carboxylic acids is 2. The van der Waals surface area contributed by atoms with Crippen LogP contribution in [0.4, 0.5) is 0 Å². The van der Waals surface area contributed by atoms with Gasteiger partial charge < -0.3 is 15.3 Å². The highest BCUT2D eigenvalue weighted by molar-refractivity contribution is 5.92. The molecule has 0 radical (unpaired) electrons. The molecule has 3 N–H and O–H groups in total. The average molecular weight is 290 g/mol. The van der Waals surface area contributed by atoms with E-state index in [9.17, 15) is 9.59 Å². The van der Waals surface area contributed by atoms with E-state index in [1.807, 2.05) is 0 Å². The van der Waals surface area contributed by atoms with E-state index in [1.165, 1.54) is 6.42 Å². The minimum Gasteiger partial charge on any atom is -0.481 e. The summed E-state index contributed by atoms with van der Waals surface area (Å²) in [4.78, 5) is 21.0. The highest BCUT2D eigenvalue weighted by atomic mass is 16.4. The summed E-state index contributed by atoms with van der Waals surface area (Å²) in [5, 5.41) is 25.3. The fraction of sp³-hybridized carbons (Fsp3) is 0.867. The van der Waals surface area contributed by atoms with Crippen LogP contribution in [-0.2, 0) is 9.59 Å². The second kappa shape index (κ2) is 16.0. The fourth-order valence-electron chi connectivity index (χ4n) is 1.67. The smallest absolute Gasteiger partial charge is 0.317 e.